The summed E-state index contributed by atoms with van der Waals surface area (Å²) < 4.78 is 0. The highest BCUT2D eigenvalue weighted by Gasteiger charge is 2.56. The third-order valence-electron chi connectivity index (χ3n) is 6.72. The lowest BCUT2D eigenvalue weighted by Crippen LogP contribution is -2.69. The second-order valence-corrected chi connectivity index (χ2v) is 9.26. The summed E-state index contributed by atoms with van der Waals surface area (Å²) in [6, 6.07) is 19.0. The van der Waals surface area contributed by atoms with Crippen LogP contribution in [0.1, 0.15) is 17.5 Å². The second kappa shape index (κ2) is 9.40. The van der Waals surface area contributed by atoms with E-state index in [2.05, 4.69) is 16.2 Å². The second-order valence-electron chi connectivity index (χ2n) is 8.83. The van der Waals surface area contributed by atoms with Crippen LogP contribution in [-0.4, -0.2) is 46.9 Å². The van der Waals surface area contributed by atoms with Crippen molar-refractivity contribution in [2.24, 2.45) is 5.18 Å². The molecule has 2 fully saturated rings. The van der Waals surface area contributed by atoms with Gasteiger partial charge < -0.3 is 14.7 Å². The highest BCUT2D eigenvalue weighted by Crippen LogP contribution is 2.38. The van der Waals surface area contributed by atoms with Crippen LogP contribution in [0, 0.1) is 16.2 Å². The van der Waals surface area contributed by atoms with Gasteiger partial charge in [0.2, 0.25) is 5.91 Å². The molecule has 2 aliphatic rings. The van der Waals surface area contributed by atoms with E-state index in [-0.39, 0.29) is 37.1 Å². The van der Waals surface area contributed by atoms with Gasteiger partial charge in [-0.3, -0.25) is 9.59 Å². The Morgan fingerprint density at radius 3 is 2.44 bits per heavy atom. The molecule has 0 saturated carbocycles. The van der Waals surface area contributed by atoms with Crippen molar-refractivity contribution in [3.63, 3.8) is 0 Å². The van der Waals surface area contributed by atoms with Crippen LogP contribution in [0.3, 0.4) is 0 Å². The summed E-state index contributed by atoms with van der Waals surface area (Å²) in [6.07, 6.45) is 1.91. The number of aromatic nitrogens is 1. The molecule has 3 heterocycles. The van der Waals surface area contributed by atoms with Crippen LogP contribution in [0.15, 0.2) is 72.0 Å². The summed E-state index contributed by atoms with van der Waals surface area (Å²) in [5.74, 6) is 0.256. The lowest BCUT2D eigenvalue weighted by molar-refractivity contribution is -0.150. The van der Waals surface area contributed by atoms with Gasteiger partial charge in [-0.15, -0.1) is 4.91 Å². The molecule has 1 atom stereocenters. The molecule has 3 aromatic rings. The minimum atomic E-state index is -1.12. The van der Waals surface area contributed by atoms with Gasteiger partial charge in [0, 0.05) is 30.0 Å². The molecule has 0 aliphatic carbocycles. The fourth-order valence-electron chi connectivity index (χ4n) is 4.84. The highest BCUT2D eigenvalue weighted by atomic mass is 35.5. The van der Waals surface area contributed by atoms with E-state index in [0.29, 0.717) is 35.1 Å². The third-order valence-corrected chi connectivity index (χ3v) is 6.98. The first-order valence-corrected chi connectivity index (χ1v) is 11.7. The summed E-state index contributed by atoms with van der Waals surface area (Å²) in [5, 5.41) is 12.6. The number of hydrogen-bond donors (Lipinski definition) is 0. The van der Waals surface area contributed by atoms with E-state index in [1.165, 1.54) is 23.2 Å². The maximum atomic E-state index is 14.1. The summed E-state index contributed by atoms with van der Waals surface area (Å²) in [7, 11) is 0. The minimum Gasteiger partial charge on any atom is -0.354 e. The largest absolute Gasteiger partial charge is 0.354 e. The maximum Gasteiger partial charge on any atom is 0.255 e. The Morgan fingerprint density at radius 1 is 1.06 bits per heavy atom. The molecule has 36 heavy (non-hydrogen) atoms. The molecule has 1 aromatic heterocycles. The van der Waals surface area contributed by atoms with Crippen LogP contribution in [0.25, 0.3) is 0 Å². The number of nitroso groups, excluding NO2 is 1. The van der Waals surface area contributed by atoms with Gasteiger partial charge in [-0.05, 0) is 65.7 Å². The van der Waals surface area contributed by atoms with E-state index in [1.54, 1.807) is 41.3 Å². The van der Waals surface area contributed by atoms with Crippen molar-refractivity contribution >= 4 is 40.6 Å². The Morgan fingerprint density at radius 2 is 1.81 bits per heavy atom. The summed E-state index contributed by atoms with van der Waals surface area (Å²) in [6.45, 7) is 0.917. The molecular formula is C26H21ClN6O3. The monoisotopic (exact) mass is 500 g/mol. The van der Waals surface area contributed by atoms with Crippen LogP contribution in [0.4, 0.5) is 17.2 Å². The zero-order valence-electron chi connectivity index (χ0n) is 19.2. The van der Waals surface area contributed by atoms with E-state index >= 15 is 0 Å². The topological polar surface area (TPSA) is 110 Å². The average Bonchev–Trinajstić information content (AvgIpc) is 3.36. The van der Waals surface area contributed by atoms with Crippen LogP contribution < -0.4 is 9.80 Å². The fraction of sp³-hybridized carbons (Fsp3) is 0.231. The van der Waals surface area contributed by atoms with Gasteiger partial charge in [0.15, 0.2) is 0 Å². The van der Waals surface area contributed by atoms with Crippen molar-refractivity contribution in [2.75, 3.05) is 29.4 Å². The van der Waals surface area contributed by atoms with E-state index in [9.17, 15) is 14.5 Å². The Labute approximate surface area is 212 Å². The number of pyridine rings is 1. The number of anilines is 2. The number of carbonyl (C=O) groups excluding carboxylic acids is 2. The van der Waals surface area contributed by atoms with E-state index in [1.807, 2.05) is 17.0 Å². The Hall–Kier alpha value is -4.29. The number of rotatable bonds is 5. The van der Waals surface area contributed by atoms with Crippen molar-refractivity contribution in [3.8, 4) is 6.07 Å². The van der Waals surface area contributed by atoms with Gasteiger partial charge in [0.05, 0.1) is 12.1 Å². The lowest BCUT2D eigenvalue weighted by atomic mass is 9.90. The van der Waals surface area contributed by atoms with E-state index in [4.69, 9.17) is 16.9 Å². The number of hydrogen-bond acceptors (Lipinski definition) is 7. The van der Waals surface area contributed by atoms with Crippen molar-refractivity contribution in [3.05, 3.63) is 87.9 Å². The Balaban J connectivity index is 1.51. The molecule has 10 heteroatoms. The van der Waals surface area contributed by atoms with Crippen LogP contribution >= 0.6 is 11.6 Å². The summed E-state index contributed by atoms with van der Waals surface area (Å²) >= 11 is 6.04. The van der Waals surface area contributed by atoms with Gasteiger partial charge in [-0.25, -0.2) is 4.98 Å². The van der Waals surface area contributed by atoms with Crippen molar-refractivity contribution < 1.29 is 9.59 Å². The number of halogens is 1. The van der Waals surface area contributed by atoms with Gasteiger partial charge in [-0.2, -0.15) is 5.26 Å². The molecule has 2 saturated heterocycles. The first-order valence-electron chi connectivity index (χ1n) is 11.3. The Kier molecular flexibility index (Phi) is 6.12. The lowest BCUT2D eigenvalue weighted by Gasteiger charge is -2.47. The molecule has 9 nitrogen and oxygen atoms in total. The van der Waals surface area contributed by atoms with Gasteiger partial charge >= 0.3 is 0 Å². The van der Waals surface area contributed by atoms with Gasteiger partial charge in [0.25, 0.3) is 5.91 Å². The molecule has 0 bridgehead atoms. The van der Waals surface area contributed by atoms with Crippen LogP contribution in [-0.2, 0) is 16.1 Å². The Bertz CT molecular complexity index is 1350. The SMILES string of the molecule is N#Cc1ccc(N2CCC3(C2)C(=O)N(c2ccc(N=O)cc2)CC(=O)N3Cc2ccc(Cl)cc2)nc1. The smallest absolute Gasteiger partial charge is 0.255 e. The molecular weight excluding hydrogens is 480 g/mol. The molecule has 1 spiro atoms. The standard InChI is InChI=1S/C26H21ClN6O3/c27-20-4-1-18(2-5-20)15-33-24(34)16-32(22-8-6-21(30-36)7-9-22)25(35)26(33)11-12-31(17-26)23-10-3-19(13-28)14-29-23/h1-10,14H,11-12,15-17H2. The zero-order valence-corrected chi connectivity index (χ0v) is 19.9. The van der Waals surface area contributed by atoms with Crippen molar-refractivity contribution in [1.82, 2.24) is 9.88 Å². The zero-order chi connectivity index (χ0) is 25.3. The van der Waals surface area contributed by atoms with Crippen LogP contribution in [0.2, 0.25) is 5.02 Å². The normalized spacial score (nSPS) is 19.6. The molecule has 0 N–H and O–H groups in total. The predicted octanol–water partition coefficient (Wildman–Crippen LogP) is 4.03. The van der Waals surface area contributed by atoms with Gasteiger partial charge in [-0.1, -0.05) is 23.7 Å². The number of carbonyl (C=O) groups is 2. The number of nitrogens with zero attached hydrogens (tertiary/aromatic N) is 6. The number of piperazine rings is 1. The molecule has 2 aromatic carbocycles. The molecule has 0 radical (unpaired) electrons. The van der Waals surface area contributed by atoms with Crippen molar-refractivity contribution in [1.29, 1.82) is 5.26 Å². The maximum absolute atomic E-state index is 14.1. The number of amides is 2. The minimum absolute atomic E-state index is 0.114. The predicted molar refractivity (Wildman–Crippen MR) is 135 cm³/mol. The van der Waals surface area contributed by atoms with Gasteiger partial charge in [0.1, 0.15) is 29.7 Å². The molecule has 2 amide bonds. The third kappa shape index (κ3) is 4.16. The summed E-state index contributed by atoms with van der Waals surface area (Å²) in [4.78, 5) is 48.0. The fourth-order valence-corrected chi connectivity index (χ4v) is 4.96. The molecule has 1 unspecified atom stereocenters. The number of nitriles is 1. The number of benzene rings is 2. The molecule has 5 rings (SSSR count). The average molecular weight is 501 g/mol. The molecule has 2 aliphatic heterocycles. The highest BCUT2D eigenvalue weighted by molar-refractivity contribution is 6.30. The molecule has 180 valence electrons. The summed E-state index contributed by atoms with van der Waals surface area (Å²) in [5.41, 5.74) is 0.963. The van der Waals surface area contributed by atoms with Crippen molar-refractivity contribution in [2.45, 2.75) is 18.5 Å². The van der Waals surface area contributed by atoms with Crippen LogP contribution in [0.5, 0.6) is 0 Å². The first kappa shape index (κ1) is 23.5. The quantitative estimate of drug-likeness (QED) is 0.489. The van der Waals surface area contributed by atoms with E-state index in [0.717, 1.165) is 5.56 Å². The first-order chi connectivity index (χ1) is 17.4. The van der Waals surface area contributed by atoms with E-state index < -0.39 is 5.54 Å².